The van der Waals surface area contributed by atoms with Crippen LogP contribution < -0.4 is 11.1 Å². The monoisotopic (exact) mass is 305 g/mol. The number of thiophene rings is 1. The lowest BCUT2D eigenvalue weighted by molar-refractivity contribution is -0.123. The van der Waals surface area contributed by atoms with Gasteiger partial charge < -0.3 is 11.1 Å². The third-order valence-electron chi connectivity index (χ3n) is 3.96. The van der Waals surface area contributed by atoms with Crippen LogP contribution in [0.1, 0.15) is 18.7 Å². The molecule has 3 heterocycles. The molecule has 1 fully saturated rings. The van der Waals surface area contributed by atoms with Crippen molar-refractivity contribution in [2.45, 2.75) is 19.4 Å². The Labute approximate surface area is 127 Å². The molecule has 3 rings (SSSR count). The number of hydrogen-bond acceptors (Lipinski definition) is 6. The second-order valence-electron chi connectivity index (χ2n) is 5.33. The van der Waals surface area contributed by atoms with Crippen LogP contribution in [0.25, 0.3) is 10.2 Å². The first-order valence-electron chi connectivity index (χ1n) is 7.11. The Morgan fingerprint density at radius 2 is 2.24 bits per heavy atom. The first kappa shape index (κ1) is 14.2. The quantitative estimate of drug-likeness (QED) is 0.892. The number of carbonyl (C=O) groups is 1. The largest absolute Gasteiger partial charge is 0.372 e. The fourth-order valence-corrected chi connectivity index (χ4v) is 3.52. The topological polar surface area (TPSA) is 84.1 Å². The number of nitrogens with two attached hydrogens (primary N) is 1. The van der Waals surface area contributed by atoms with Crippen molar-refractivity contribution in [2.75, 3.05) is 25.5 Å². The van der Waals surface area contributed by atoms with Crippen molar-refractivity contribution in [1.29, 1.82) is 0 Å². The summed E-state index contributed by atoms with van der Waals surface area (Å²) >= 11 is 1.63. The van der Waals surface area contributed by atoms with E-state index in [9.17, 15) is 4.79 Å². The van der Waals surface area contributed by atoms with E-state index in [1.807, 2.05) is 18.5 Å². The van der Waals surface area contributed by atoms with Gasteiger partial charge in [0, 0.05) is 13.0 Å². The number of aromatic nitrogens is 2. The number of rotatable bonds is 4. The number of piperidine rings is 1. The van der Waals surface area contributed by atoms with Crippen molar-refractivity contribution in [1.82, 2.24) is 14.9 Å². The average molecular weight is 305 g/mol. The van der Waals surface area contributed by atoms with Crippen LogP contribution in [0.5, 0.6) is 0 Å². The van der Waals surface area contributed by atoms with E-state index < -0.39 is 0 Å². The van der Waals surface area contributed by atoms with Crippen molar-refractivity contribution in [3.05, 3.63) is 17.3 Å². The summed E-state index contributed by atoms with van der Waals surface area (Å²) in [5, 5.41) is 6.23. The minimum Gasteiger partial charge on any atom is -0.372 e. The molecule has 0 unspecified atom stereocenters. The van der Waals surface area contributed by atoms with Crippen LogP contribution in [0.2, 0.25) is 0 Å². The van der Waals surface area contributed by atoms with Gasteiger partial charge >= 0.3 is 0 Å². The van der Waals surface area contributed by atoms with E-state index in [2.05, 4.69) is 20.2 Å². The maximum absolute atomic E-state index is 11.2. The van der Waals surface area contributed by atoms with Gasteiger partial charge in [0.15, 0.2) is 0 Å². The fourth-order valence-electron chi connectivity index (χ4n) is 2.74. The third kappa shape index (κ3) is 2.98. The number of anilines is 1. The maximum Gasteiger partial charge on any atom is 0.220 e. The Balaban J connectivity index is 1.72. The van der Waals surface area contributed by atoms with E-state index in [1.165, 1.54) is 0 Å². The second-order valence-corrected chi connectivity index (χ2v) is 6.23. The van der Waals surface area contributed by atoms with Gasteiger partial charge in [0.2, 0.25) is 5.91 Å². The van der Waals surface area contributed by atoms with Gasteiger partial charge in [-0.05, 0) is 37.4 Å². The first-order chi connectivity index (χ1) is 10.2. The Hall–Kier alpha value is -1.73. The summed E-state index contributed by atoms with van der Waals surface area (Å²) in [6.45, 7) is 2.46. The van der Waals surface area contributed by atoms with Crippen molar-refractivity contribution in [2.24, 2.45) is 11.7 Å². The molecule has 2 aromatic heterocycles. The van der Waals surface area contributed by atoms with Crippen molar-refractivity contribution in [3.8, 4) is 0 Å². The first-order valence-corrected chi connectivity index (χ1v) is 7.99. The van der Waals surface area contributed by atoms with E-state index in [4.69, 9.17) is 5.73 Å². The highest BCUT2D eigenvalue weighted by Gasteiger charge is 2.23. The number of likely N-dealkylation sites (tertiary alicyclic amines) is 1. The smallest absolute Gasteiger partial charge is 0.220 e. The van der Waals surface area contributed by atoms with E-state index in [1.54, 1.807) is 11.3 Å². The number of nitrogens with one attached hydrogen (secondary N) is 1. The number of amides is 1. The summed E-state index contributed by atoms with van der Waals surface area (Å²) in [7, 11) is 1.88. The SMILES string of the molecule is CNc1nc(CN2CCC(C(N)=O)CC2)nc2sccc12. The lowest BCUT2D eigenvalue weighted by Crippen LogP contribution is -2.38. The molecule has 0 aromatic carbocycles. The minimum atomic E-state index is -0.177. The molecule has 112 valence electrons. The van der Waals surface area contributed by atoms with Crippen molar-refractivity contribution < 1.29 is 4.79 Å². The second kappa shape index (κ2) is 5.95. The molecule has 0 aliphatic carbocycles. The molecule has 6 nitrogen and oxygen atoms in total. The van der Waals surface area contributed by atoms with Crippen LogP contribution in [0.3, 0.4) is 0 Å². The van der Waals surface area contributed by atoms with Gasteiger partial charge in [-0.25, -0.2) is 9.97 Å². The normalized spacial score (nSPS) is 17.2. The molecular weight excluding hydrogens is 286 g/mol. The lowest BCUT2D eigenvalue weighted by atomic mass is 9.96. The predicted octanol–water partition coefficient (Wildman–Crippen LogP) is 1.43. The van der Waals surface area contributed by atoms with Crippen LogP contribution >= 0.6 is 11.3 Å². The predicted molar refractivity (Wildman–Crippen MR) is 84.2 cm³/mol. The lowest BCUT2D eigenvalue weighted by Gasteiger charge is -2.29. The standard InChI is InChI=1S/C14H19N5OS/c1-16-13-10-4-7-21-14(10)18-11(17-13)8-19-5-2-9(3-6-19)12(15)20/h4,7,9H,2-3,5-6,8H2,1H3,(H2,15,20)(H,16,17,18). The molecule has 3 N–H and O–H groups in total. The third-order valence-corrected chi connectivity index (χ3v) is 4.77. The van der Waals surface area contributed by atoms with Gasteiger partial charge in [-0.2, -0.15) is 0 Å². The average Bonchev–Trinajstić information content (AvgIpc) is 2.95. The molecule has 0 bridgehead atoms. The molecule has 1 aliphatic rings. The van der Waals surface area contributed by atoms with Crippen molar-refractivity contribution in [3.63, 3.8) is 0 Å². The fraction of sp³-hybridized carbons (Fsp3) is 0.500. The highest BCUT2D eigenvalue weighted by Crippen LogP contribution is 2.25. The van der Waals surface area contributed by atoms with Crippen LogP contribution in [0, 0.1) is 5.92 Å². The van der Waals surface area contributed by atoms with E-state index in [-0.39, 0.29) is 11.8 Å². The Kier molecular flexibility index (Phi) is 4.03. The Morgan fingerprint density at radius 3 is 2.90 bits per heavy atom. The van der Waals surface area contributed by atoms with Gasteiger partial charge in [-0.3, -0.25) is 9.69 Å². The molecule has 1 saturated heterocycles. The number of hydrogen-bond donors (Lipinski definition) is 2. The zero-order valence-corrected chi connectivity index (χ0v) is 12.8. The molecule has 0 radical (unpaired) electrons. The highest BCUT2D eigenvalue weighted by molar-refractivity contribution is 7.16. The maximum atomic E-state index is 11.2. The van der Waals surface area contributed by atoms with Crippen LogP contribution in [0.15, 0.2) is 11.4 Å². The van der Waals surface area contributed by atoms with E-state index in [0.29, 0.717) is 6.54 Å². The molecule has 0 spiro atoms. The minimum absolute atomic E-state index is 0.0230. The van der Waals surface area contributed by atoms with Crippen LogP contribution in [0.4, 0.5) is 5.82 Å². The molecule has 7 heteroatoms. The van der Waals surface area contributed by atoms with Gasteiger partial charge in [-0.1, -0.05) is 0 Å². The van der Waals surface area contributed by atoms with Gasteiger partial charge in [0.1, 0.15) is 16.5 Å². The molecule has 0 saturated carbocycles. The van der Waals surface area contributed by atoms with E-state index in [0.717, 1.165) is 47.8 Å². The molecule has 21 heavy (non-hydrogen) atoms. The zero-order chi connectivity index (χ0) is 14.8. The van der Waals surface area contributed by atoms with Gasteiger partial charge in [0.05, 0.1) is 11.9 Å². The summed E-state index contributed by atoms with van der Waals surface area (Å²) < 4.78 is 0. The molecular formula is C14H19N5OS. The molecule has 2 aromatic rings. The van der Waals surface area contributed by atoms with Crippen LogP contribution in [-0.2, 0) is 11.3 Å². The Morgan fingerprint density at radius 1 is 1.48 bits per heavy atom. The number of primary amides is 1. The summed E-state index contributed by atoms with van der Waals surface area (Å²) in [5.74, 6) is 1.55. The van der Waals surface area contributed by atoms with Crippen molar-refractivity contribution >= 4 is 33.3 Å². The summed E-state index contributed by atoms with van der Waals surface area (Å²) in [4.78, 5) is 23.7. The van der Waals surface area contributed by atoms with Crippen LogP contribution in [-0.4, -0.2) is 40.9 Å². The van der Waals surface area contributed by atoms with E-state index >= 15 is 0 Å². The number of fused-ring (bicyclic) bond motifs is 1. The Bertz CT molecular complexity index is 648. The number of carbonyl (C=O) groups excluding carboxylic acids is 1. The number of nitrogens with zero attached hydrogens (tertiary/aromatic N) is 3. The summed E-state index contributed by atoms with van der Waals surface area (Å²) in [5.41, 5.74) is 5.36. The summed E-state index contributed by atoms with van der Waals surface area (Å²) in [6, 6.07) is 2.04. The molecule has 1 amide bonds. The summed E-state index contributed by atoms with van der Waals surface area (Å²) in [6.07, 6.45) is 1.66. The van der Waals surface area contributed by atoms with Gasteiger partial charge in [0.25, 0.3) is 0 Å². The van der Waals surface area contributed by atoms with Gasteiger partial charge in [-0.15, -0.1) is 11.3 Å². The highest BCUT2D eigenvalue weighted by atomic mass is 32.1. The molecule has 1 aliphatic heterocycles. The molecule has 0 atom stereocenters. The zero-order valence-electron chi connectivity index (χ0n) is 12.0.